The van der Waals surface area contributed by atoms with Gasteiger partial charge in [0.05, 0.1) is 18.1 Å². The Morgan fingerprint density at radius 3 is 2.87 bits per heavy atom. The van der Waals surface area contributed by atoms with Crippen LogP contribution in [0.3, 0.4) is 0 Å². The Labute approximate surface area is 133 Å². The normalized spacial score (nSPS) is 22.9. The lowest BCUT2D eigenvalue weighted by molar-refractivity contribution is -0.137. The first-order chi connectivity index (χ1) is 11.1. The van der Waals surface area contributed by atoms with Gasteiger partial charge in [-0.2, -0.15) is 0 Å². The van der Waals surface area contributed by atoms with Crippen molar-refractivity contribution >= 4 is 11.9 Å². The highest BCUT2D eigenvalue weighted by molar-refractivity contribution is 5.98. The number of amides is 1. The largest absolute Gasteiger partial charge is 0.486 e. The molecule has 1 fully saturated rings. The van der Waals surface area contributed by atoms with E-state index in [1.165, 1.54) is 0 Å². The summed E-state index contributed by atoms with van der Waals surface area (Å²) in [5.41, 5.74) is 0.398. The minimum absolute atomic E-state index is 0.0992. The number of benzene rings is 1. The fraction of sp³-hybridized carbons (Fsp3) is 0.500. The van der Waals surface area contributed by atoms with Crippen LogP contribution in [0.5, 0.6) is 11.5 Å². The molecule has 23 heavy (non-hydrogen) atoms. The van der Waals surface area contributed by atoms with Crippen molar-refractivity contribution in [1.29, 1.82) is 0 Å². The summed E-state index contributed by atoms with van der Waals surface area (Å²) in [4.78, 5) is 25.5. The Morgan fingerprint density at radius 1 is 1.35 bits per heavy atom. The van der Waals surface area contributed by atoms with Crippen LogP contribution in [-0.2, 0) is 9.53 Å². The SMILES string of the molecule is COC1CC(CC(=O)O)N(C(=O)c2cccc3c2OCCO3)C1. The molecule has 0 radical (unpaired) electrons. The summed E-state index contributed by atoms with van der Waals surface area (Å²) < 4.78 is 16.4. The van der Waals surface area contributed by atoms with E-state index in [4.69, 9.17) is 19.3 Å². The Hall–Kier alpha value is -2.28. The van der Waals surface area contributed by atoms with Crippen LogP contribution in [0.2, 0.25) is 0 Å². The lowest BCUT2D eigenvalue weighted by atomic mass is 10.1. The standard InChI is InChI=1S/C16H19NO6/c1-21-11-7-10(8-14(18)19)17(9-11)16(20)12-3-2-4-13-15(12)23-6-5-22-13/h2-4,10-11H,5-9H2,1H3,(H,18,19). The van der Waals surface area contributed by atoms with Crippen LogP contribution < -0.4 is 9.47 Å². The maximum absolute atomic E-state index is 12.9. The number of carboxylic acid groups (broad SMARTS) is 1. The van der Waals surface area contributed by atoms with Crippen LogP contribution in [0.4, 0.5) is 0 Å². The number of likely N-dealkylation sites (tertiary alicyclic amines) is 1. The fourth-order valence-corrected chi connectivity index (χ4v) is 3.09. The zero-order chi connectivity index (χ0) is 16.4. The topological polar surface area (TPSA) is 85.3 Å². The molecule has 0 spiro atoms. The number of carbonyl (C=O) groups excluding carboxylic acids is 1. The van der Waals surface area contributed by atoms with E-state index in [-0.39, 0.29) is 24.5 Å². The predicted octanol–water partition coefficient (Wildman–Crippen LogP) is 1.16. The molecule has 1 amide bonds. The third-order valence-electron chi connectivity index (χ3n) is 4.18. The highest BCUT2D eigenvalue weighted by Gasteiger charge is 2.38. The van der Waals surface area contributed by atoms with E-state index in [0.717, 1.165) is 0 Å². The molecule has 2 aliphatic rings. The summed E-state index contributed by atoms with van der Waals surface area (Å²) in [5, 5.41) is 9.07. The molecule has 1 N–H and O–H groups in total. The molecule has 0 saturated carbocycles. The molecule has 3 rings (SSSR count). The van der Waals surface area contributed by atoms with Crippen molar-refractivity contribution in [1.82, 2.24) is 4.90 Å². The van der Waals surface area contributed by atoms with Gasteiger partial charge in [0.2, 0.25) is 0 Å². The molecule has 7 nitrogen and oxygen atoms in total. The fourth-order valence-electron chi connectivity index (χ4n) is 3.09. The van der Waals surface area contributed by atoms with E-state index < -0.39 is 5.97 Å². The number of para-hydroxylation sites is 1. The molecule has 1 aromatic rings. The Kier molecular flexibility index (Phi) is 4.38. The minimum atomic E-state index is -0.931. The van der Waals surface area contributed by atoms with Gasteiger partial charge >= 0.3 is 5.97 Å². The molecular formula is C16H19NO6. The predicted molar refractivity (Wildman–Crippen MR) is 79.9 cm³/mol. The van der Waals surface area contributed by atoms with E-state index in [1.54, 1.807) is 30.2 Å². The Morgan fingerprint density at radius 2 is 2.13 bits per heavy atom. The smallest absolute Gasteiger partial charge is 0.305 e. The summed E-state index contributed by atoms with van der Waals surface area (Å²) >= 11 is 0. The van der Waals surface area contributed by atoms with E-state index in [0.29, 0.717) is 43.2 Å². The highest BCUT2D eigenvalue weighted by Crippen LogP contribution is 2.35. The molecular weight excluding hydrogens is 302 g/mol. The second kappa shape index (κ2) is 6.45. The Balaban J connectivity index is 1.88. The molecule has 2 heterocycles. The van der Waals surface area contributed by atoms with Crippen molar-refractivity contribution in [2.75, 3.05) is 26.9 Å². The number of carboxylic acids is 1. The van der Waals surface area contributed by atoms with Gasteiger partial charge in [-0.05, 0) is 18.6 Å². The zero-order valence-electron chi connectivity index (χ0n) is 12.9. The zero-order valence-corrected chi connectivity index (χ0v) is 12.9. The lowest BCUT2D eigenvalue weighted by Gasteiger charge is -2.26. The van der Waals surface area contributed by atoms with Crippen molar-refractivity contribution in [2.45, 2.75) is 25.0 Å². The van der Waals surface area contributed by atoms with Crippen LogP contribution in [0.15, 0.2) is 18.2 Å². The summed E-state index contributed by atoms with van der Waals surface area (Å²) in [6.07, 6.45) is 0.263. The number of hydrogen-bond acceptors (Lipinski definition) is 5. The molecule has 7 heteroatoms. The van der Waals surface area contributed by atoms with Crippen LogP contribution in [-0.4, -0.2) is 60.9 Å². The van der Waals surface area contributed by atoms with Crippen molar-refractivity contribution in [3.8, 4) is 11.5 Å². The number of methoxy groups -OCH3 is 1. The quantitative estimate of drug-likeness (QED) is 0.896. The first-order valence-corrected chi connectivity index (χ1v) is 7.54. The van der Waals surface area contributed by atoms with Crippen LogP contribution in [0, 0.1) is 0 Å². The number of rotatable bonds is 4. The van der Waals surface area contributed by atoms with Crippen molar-refractivity contribution < 1.29 is 28.9 Å². The summed E-state index contributed by atoms with van der Waals surface area (Å²) in [6, 6.07) is 4.78. The third-order valence-corrected chi connectivity index (χ3v) is 4.18. The average molecular weight is 321 g/mol. The number of carbonyl (C=O) groups is 2. The van der Waals surface area contributed by atoms with Crippen molar-refractivity contribution in [3.63, 3.8) is 0 Å². The molecule has 0 aliphatic carbocycles. The first-order valence-electron chi connectivity index (χ1n) is 7.54. The van der Waals surface area contributed by atoms with E-state index >= 15 is 0 Å². The average Bonchev–Trinajstić information content (AvgIpc) is 2.96. The molecule has 1 saturated heterocycles. The first kappa shape index (κ1) is 15.6. The minimum Gasteiger partial charge on any atom is -0.486 e. The molecule has 0 aromatic heterocycles. The molecule has 2 aliphatic heterocycles. The lowest BCUT2D eigenvalue weighted by Crippen LogP contribution is -2.37. The monoisotopic (exact) mass is 321 g/mol. The molecule has 0 bridgehead atoms. The van der Waals surface area contributed by atoms with Gasteiger partial charge in [0.25, 0.3) is 5.91 Å². The number of aliphatic carboxylic acids is 1. The van der Waals surface area contributed by atoms with Crippen LogP contribution in [0.25, 0.3) is 0 Å². The summed E-state index contributed by atoms with van der Waals surface area (Å²) in [7, 11) is 1.57. The number of hydrogen-bond donors (Lipinski definition) is 1. The molecule has 2 atom stereocenters. The highest BCUT2D eigenvalue weighted by atomic mass is 16.6. The second-order valence-corrected chi connectivity index (χ2v) is 5.63. The van der Waals surface area contributed by atoms with Crippen LogP contribution >= 0.6 is 0 Å². The number of nitrogens with zero attached hydrogens (tertiary/aromatic N) is 1. The van der Waals surface area contributed by atoms with Gasteiger partial charge < -0.3 is 24.2 Å². The summed E-state index contributed by atoms with van der Waals surface area (Å²) in [5.74, 6) is -0.213. The Bertz CT molecular complexity index is 617. The van der Waals surface area contributed by atoms with E-state index in [9.17, 15) is 9.59 Å². The van der Waals surface area contributed by atoms with E-state index in [1.807, 2.05) is 0 Å². The maximum atomic E-state index is 12.9. The molecule has 1 aromatic carbocycles. The third kappa shape index (κ3) is 3.10. The van der Waals surface area contributed by atoms with Crippen LogP contribution in [0.1, 0.15) is 23.2 Å². The van der Waals surface area contributed by atoms with E-state index in [2.05, 4.69) is 0 Å². The van der Waals surface area contributed by atoms with Gasteiger partial charge in [-0.1, -0.05) is 6.07 Å². The second-order valence-electron chi connectivity index (χ2n) is 5.63. The summed E-state index contributed by atoms with van der Waals surface area (Å²) in [6.45, 7) is 1.20. The van der Waals surface area contributed by atoms with Gasteiger partial charge in [-0.25, -0.2) is 0 Å². The van der Waals surface area contributed by atoms with Gasteiger partial charge in [0.1, 0.15) is 13.2 Å². The number of fused-ring (bicyclic) bond motifs is 1. The van der Waals surface area contributed by atoms with Crippen molar-refractivity contribution in [2.24, 2.45) is 0 Å². The van der Waals surface area contributed by atoms with Crippen molar-refractivity contribution in [3.05, 3.63) is 23.8 Å². The van der Waals surface area contributed by atoms with Gasteiger partial charge in [0, 0.05) is 19.7 Å². The van der Waals surface area contributed by atoms with Gasteiger partial charge in [-0.15, -0.1) is 0 Å². The van der Waals surface area contributed by atoms with Gasteiger partial charge in [-0.3, -0.25) is 9.59 Å². The molecule has 2 unspecified atom stereocenters. The molecule has 124 valence electrons. The number of ether oxygens (including phenoxy) is 3. The van der Waals surface area contributed by atoms with Gasteiger partial charge in [0.15, 0.2) is 11.5 Å². The maximum Gasteiger partial charge on any atom is 0.305 e.